The molecular weight excluding hydrogens is 286 g/mol. The third-order valence-corrected chi connectivity index (χ3v) is 4.85. The van der Waals surface area contributed by atoms with E-state index in [2.05, 4.69) is 40.0 Å². The molecule has 1 aromatic rings. The molecule has 0 N–H and O–H groups in total. The van der Waals surface area contributed by atoms with Crippen molar-refractivity contribution in [1.82, 2.24) is 0 Å². The number of carbonyl (C=O) groups excluding carboxylic acids is 1. The fraction of sp³-hybridized carbons (Fsp3) is 0.650. The minimum absolute atomic E-state index is 0.188. The van der Waals surface area contributed by atoms with Crippen molar-refractivity contribution >= 4 is 5.97 Å². The molecule has 0 saturated heterocycles. The summed E-state index contributed by atoms with van der Waals surface area (Å²) in [5.74, 6) is -0.206. The normalized spacial score (nSPS) is 16.4. The molecule has 0 aliphatic heterocycles. The monoisotopic (exact) mass is 320 g/mol. The van der Waals surface area contributed by atoms with E-state index in [0.717, 1.165) is 29.6 Å². The summed E-state index contributed by atoms with van der Waals surface area (Å²) < 4.78 is 6.69. The lowest BCUT2D eigenvalue weighted by molar-refractivity contribution is -0.935. The number of carbonyl (C=O) groups is 1. The molecule has 1 rings (SSSR count). The van der Waals surface area contributed by atoms with Gasteiger partial charge in [0.1, 0.15) is 6.04 Å². The van der Waals surface area contributed by atoms with E-state index < -0.39 is 0 Å². The van der Waals surface area contributed by atoms with Gasteiger partial charge < -0.3 is 9.22 Å². The van der Waals surface area contributed by atoms with Crippen molar-refractivity contribution in [3.8, 4) is 0 Å². The minimum Gasteiger partial charge on any atom is -0.451 e. The van der Waals surface area contributed by atoms with E-state index >= 15 is 0 Å². The fourth-order valence-electron chi connectivity index (χ4n) is 3.35. The van der Waals surface area contributed by atoms with Crippen LogP contribution in [0.2, 0.25) is 0 Å². The highest BCUT2D eigenvalue weighted by atomic mass is 16.5. The lowest BCUT2D eigenvalue weighted by atomic mass is 9.99. The van der Waals surface area contributed by atoms with E-state index in [1.807, 2.05) is 18.2 Å². The van der Waals surface area contributed by atoms with Crippen LogP contribution in [0, 0.1) is 0 Å². The largest absolute Gasteiger partial charge is 0.451 e. The molecule has 130 valence electrons. The maximum atomic E-state index is 11.6. The molecule has 0 saturated carbocycles. The van der Waals surface area contributed by atoms with Crippen LogP contribution in [0.15, 0.2) is 30.3 Å². The highest BCUT2D eigenvalue weighted by Gasteiger charge is 2.37. The van der Waals surface area contributed by atoms with Gasteiger partial charge in [0.2, 0.25) is 0 Å². The molecule has 3 nitrogen and oxygen atoms in total. The zero-order valence-electron chi connectivity index (χ0n) is 15.5. The zero-order chi connectivity index (χ0) is 17.3. The Labute approximate surface area is 142 Å². The zero-order valence-corrected chi connectivity index (χ0v) is 15.5. The van der Waals surface area contributed by atoms with Crippen molar-refractivity contribution in [1.29, 1.82) is 0 Å². The van der Waals surface area contributed by atoms with Gasteiger partial charge in [-0.15, -0.1) is 0 Å². The SMILES string of the molecule is CCCCC[N@+](C)(CCC)[C@H](C)[C@@H](OC(C)=O)c1ccccc1. The minimum atomic E-state index is -0.206. The average molecular weight is 320 g/mol. The number of ether oxygens (including phenoxy) is 1. The smallest absolute Gasteiger partial charge is 0.303 e. The van der Waals surface area contributed by atoms with Gasteiger partial charge in [0.25, 0.3) is 0 Å². The molecule has 23 heavy (non-hydrogen) atoms. The molecule has 0 fully saturated rings. The third kappa shape index (κ3) is 5.98. The van der Waals surface area contributed by atoms with Crippen molar-refractivity contribution in [2.75, 3.05) is 20.1 Å². The molecule has 0 spiro atoms. The van der Waals surface area contributed by atoms with Crippen LogP contribution in [-0.2, 0) is 9.53 Å². The van der Waals surface area contributed by atoms with E-state index in [1.165, 1.54) is 26.2 Å². The second-order valence-electron chi connectivity index (χ2n) is 6.82. The topological polar surface area (TPSA) is 26.3 Å². The Kier molecular flexibility index (Phi) is 8.32. The molecule has 0 amide bonds. The van der Waals surface area contributed by atoms with E-state index in [9.17, 15) is 4.79 Å². The molecule has 0 radical (unpaired) electrons. The van der Waals surface area contributed by atoms with Crippen LogP contribution < -0.4 is 0 Å². The molecule has 1 aromatic carbocycles. The maximum Gasteiger partial charge on any atom is 0.303 e. The van der Waals surface area contributed by atoms with Gasteiger partial charge in [0.15, 0.2) is 6.10 Å². The number of quaternary nitrogens is 1. The number of likely N-dealkylation sites (N-methyl/N-ethyl adjacent to an activating group) is 1. The average Bonchev–Trinajstić information content (AvgIpc) is 2.53. The number of benzene rings is 1. The van der Waals surface area contributed by atoms with Gasteiger partial charge in [0, 0.05) is 6.92 Å². The Morgan fingerprint density at radius 3 is 2.26 bits per heavy atom. The second-order valence-corrected chi connectivity index (χ2v) is 6.82. The third-order valence-electron chi connectivity index (χ3n) is 4.85. The molecule has 0 aliphatic rings. The number of nitrogens with zero attached hydrogens (tertiary/aromatic N) is 1. The van der Waals surface area contributed by atoms with Crippen molar-refractivity contribution in [3.05, 3.63) is 35.9 Å². The number of rotatable bonds is 10. The first-order valence-corrected chi connectivity index (χ1v) is 9.01. The molecule has 0 unspecified atom stereocenters. The fourth-order valence-corrected chi connectivity index (χ4v) is 3.35. The first-order valence-electron chi connectivity index (χ1n) is 9.01. The van der Waals surface area contributed by atoms with Gasteiger partial charge in [-0.25, -0.2) is 0 Å². The van der Waals surface area contributed by atoms with Crippen LogP contribution in [0.5, 0.6) is 0 Å². The van der Waals surface area contributed by atoms with Crippen LogP contribution in [0.4, 0.5) is 0 Å². The van der Waals surface area contributed by atoms with Crippen LogP contribution in [-0.4, -0.2) is 36.6 Å². The van der Waals surface area contributed by atoms with Gasteiger partial charge >= 0.3 is 5.97 Å². The van der Waals surface area contributed by atoms with Gasteiger partial charge in [-0.1, -0.05) is 50.6 Å². The summed E-state index contributed by atoms with van der Waals surface area (Å²) in [7, 11) is 2.31. The van der Waals surface area contributed by atoms with E-state index in [0.29, 0.717) is 0 Å². The van der Waals surface area contributed by atoms with Crippen molar-refractivity contribution in [3.63, 3.8) is 0 Å². The summed E-state index contributed by atoms with van der Waals surface area (Å²) >= 11 is 0. The number of hydrogen-bond donors (Lipinski definition) is 0. The van der Waals surface area contributed by atoms with Crippen LogP contribution in [0.3, 0.4) is 0 Å². The van der Waals surface area contributed by atoms with Crippen LogP contribution >= 0.6 is 0 Å². The van der Waals surface area contributed by atoms with Gasteiger partial charge in [-0.05, 0) is 31.7 Å². The Morgan fingerprint density at radius 2 is 1.74 bits per heavy atom. The molecular formula is C20H34NO2+. The highest BCUT2D eigenvalue weighted by molar-refractivity contribution is 5.66. The molecule has 0 aromatic heterocycles. The number of hydrogen-bond acceptors (Lipinski definition) is 2. The lowest BCUT2D eigenvalue weighted by Gasteiger charge is -2.43. The standard InChI is InChI=1S/C20H34NO2/c1-6-8-12-16-21(5,15-7-2)17(3)20(23-18(4)22)19-13-10-9-11-14-19/h9-11,13-14,17,20H,6-8,12,15-16H2,1-5H3/q+1/t17-,20-,21+/m1/s1. The molecule has 0 aliphatic carbocycles. The summed E-state index contributed by atoms with van der Waals surface area (Å²) in [5, 5.41) is 0. The van der Waals surface area contributed by atoms with E-state index in [-0.39, 0.29) is 18.1 Å². The van der Waals surface area contributed by atoms with Crippen LogP contribution in [0.25, 0.3) is 0 Å². The lowest BCUT2D eigenvalue weighted by Crippen LogP contribution is -2.55. The predicted molar refractivity (Wildman–Crippen MR) is 96.1 cm³/mol. The second kappa shape index (κ2) is 9.71. The Balaban J connectivity index is 3.02. The Hall–Kier alpha value is -1.35. The van der Waals surface area contributed by atoms with Gasteiger partial charge in [-0.2, -0.15) is 0 Å². The van der Waals surface area contributed by atoms with E-state index in [1.54, 1.807) is 0 Å². The predicted octanol–water partition coefficient (Wildman–Crippen LogP) is 4.73. The summed E-state index contributed by atoms with van der Waals surface area (Å²) in [4.78, 5) is 11.6. The van der Waals surface area contributed by atoms with Gasteiger partial charge in [-0.3, -0.25) is 4.79 Å². The number of unbranched alkanes of at least 4 members (excludes halogenated alkanes) is 2. The molecule has 3 heteroatoms. The summed E-state index contributed by atoms with van der Waals surface area (Å²) in [6, 6.07) is 10.4. The van der Waals surface area contributed by atoms with Crippen molar-refractivity contribution < 1.29 is 14.0 Å². The summed E-state index contributed by atoms with van der Waals surface area (Å²) in [5.41, 5.74) is 1.09. The molecule has 0 heterocycles. The molecule has 3 atom stereocenters. The van der Waals surface area contributed by atoms with Gasteiger partial charge in [0.05, 0.1) is 20.1 Å². The first-order chi connectivity index (χ1) is 10.9. The summed E-state index contributed by atoms with van der Waals surface area (Å²) in [6.07, 6.45) is 4.65. The molecule has 0 bridgehead atoms. The number of esters is 1. The maximum absolute atomic E-state index is 11.6. The highest BCUT2D eigenvalue weighted by Crippen LogP contribution is 2.29. The Bertz CT molecular complexity index is 460. The van der Waals surface area contributed by atoms with Crippen molar-refractivity contribution in [2.24, 2.45) is 0 Å². The first kappa shape index (κ1) is 19.7. The summed E-state index contributed by atoms with van der Waals surface area (Å²) in [6.45, 7) is 10.4. The van der Waals surface area contributed by atoms with Crippen molar-refractivity contribution in [2.45, 2.75) is 65.5 Å². The Morgan fingerprint density at radius 1 is 1.09 bits per heavy atom. The van der Waals surface area contributed by atoms with Crippen LogP contribution in [0.1, 0.15) is 65.0 Å². The quantitative estimate of drug-likeness (QED) is 0.354. The van der Waals surface area contributed by atoms with E-state index in [4.69, 9.17) is 4.74 Å².